The van der Waals surface area contributed by atoms with E-state index in [-0.39, 0.29) is 24.2 Å². The first-order valence-electron chi connectivity index (χ1n) is 15.8. The Bertz CT molecular complexity index is 1460. The van der Waals surface area contributed by atoms with Crippen LogP contribution in [0.25, 0.3) is 0 Å². The Hall–Kier alpha value is -4.00. The van der Waals surface area contributed by atoms with Crippen molar-refractivity contribution in [3.05, 3.63) is 89.0 Å². The van der Waals surface area contributed by atoms with Crippen molar-refractivity contribution in [2.45, 2.75) is 76.4 Å². The summed E-state index contributed by atoms with van der Waals surface area (Å²) in [6.45, 7) is 3.77. The number of methoxy groups -OCH3 is 1. The summed E-state index contributed by atoms with van der Waals surface area (Å²) in [5.41, 5.74) is 5.61. The number of piperidine rings is 1. The van der Waals surface area contributed by atoms with E-state index in [9.17, 15) is 9.59 Å². The molecule has 1 heterocycles. The number of nitrogens with one attached hydrogen (secondary N) is 1. The molecule has 1 N–H and O–H groups in total. The van der Waals surface area contributed by atoms with Crippen LogP contribution in [0.2, 0.25) is 0 Å². The molecular weight excluding hydrogens is 540 g/mol. The molecule has 2 aliphatic carbocycles. The van der Waals surface area contributed by atoms with Gasteiger partial charge in [-0.05, 0) is 79.0 Å². The minimum atomic E-state index is -0.391. The second kappa shape index (κ2) is 12.7. The van der Waals surface area contributed by atoms with Gasteiger partial charge in [-0.3, -0.25) is 0 Å². The fourth-order valence-corrected chi connectivity index (χ4v) is 7.64. The van der Waals surface area contributed by atoms with Gasteiger partial charge < -0.3 is 24.4 Å². The molecule has 6 rings (SSSR count). The molecule has 3 aromatic carbocycles. The Balaban J connectivity index is 1.35. The van der Waals surface area contributed by atoms with Crippen molar-refractivity contribution >= 4 is 23.4 Å². The fraction of sp³-hybridized carbons (Fsp3) is 0.444. The van der Waals surface area contributed by atoms with Crippen LogP contribution in [0.4, 0.5) is 16.2 Å². The van der Waals surface area contributed by atoms with Crippen LogP contribution in [0.15, 0.2) is 66.7 Å². The van der Waals surface area contributed by atoms with Gasteiger partial charge in [-0.1, -0.05) is 68.7 Å². The number of hydrogen-bond donors (Lipinski definition) is 1. The average molecular weight is 583 g/mol. The minimum Gasteiger partial charge on any atom is -0.491 e. The van der Waals surface area contributed by atoms with Crippen LogP contribution in [0.5, 0.6) is 5.75 Å². The van der Waals surface area contributed by atoms with Crippen LogP contribution in [0.1, 0.15) is 78.9 Å². The summed E-state index contributed by atoms with van der Waals surface area (Å²) in [5.74, 6) is 0.820. The van der Waals surface area contributed by atoms with E-state index in [1.165, 1.54) is 31.1 Å². The zero-order chi connectivity index (χ0) is 29.8. The molecule has 3 atom stereocenters. The van der Waals surface area contributed by atoms with E-state index in [2.05, 4.69) is 24.4 Å². The molecule has 2 fully saturated rings. The number of fused-ring (bicyclic) bond motifs is 1. The van der Waals surface area contributed by atoms with Gasteiger partial charge in [0.1, 0.15) is 12.4 Å². The molecule has 226 valence electrons. The third-order valence-electron chi connectivity index (χ3n) is 9.73. The Kier molecular flexibility index (Phi) is 8.59. The third-order valence-corrected chi connectivity index (χ3v) is 9.73. The lowest BCUT2D eigenvalue weighted by atomic mass is 9.52. The lowest BCUT2D eigenvalue weighted by molar-refractivity contribution is -0.0137. The summed E-state index contributed by atoms with van der Waals surface area (Å²) in [4.78, 5) is 28.1. The van der Waals surface area contributed by atoms with Crippen molar-refractivity contribution in [3.8, 4) is 5.75 Å². The van der Waals surface area contributed by atoms with Gasteiger partial charge in [-0.15, -0.1) is 0 Å². The molecule has 7 nitrogen and oxygen atoms in total. The second-order valence-electron chi connectivity index (χ2n) is 12.1. The number of unbranched alkanes of at least 4 members (excludes halogenated alkanes) is 1. The second-order valence-corrected chi connectivity index (χ2v) is 12.1. The van der Waals surface area contributed by atoms with Crippen molar-refractivity contribution in [2.24, 2.45) is 5.92 Å². The van der Waals surface area contributed by atoms with E-state index in [0.29, 0.717) is 30.3 Å². The van der Waals surface area contributed by atoms with Crippen molar-refractivity contribution < 1.29 is 23.8 Å². The number of esters is 1. The van der Waals surface area contributed by atoms with Gasteiger partial charge in [0.25, 0.3) is 0 Å². The summed E-state index contributed by atoms with van der Waals surface area (Å²) in [6, 6.07) is 21.8. The number of carbonyl (C=O) groups is 2. The highest BCUT2D eigenvalue weighted by atomic mass is 16.6. The van der Waals surface area contributed by atoms with Crippen molar-refractivity contribution in [2.75, 3.05) is 25.6 Å². The fourth-order valence-electron chi connectivity index (χ4n) is 7.64. The zero-order valence-electron chi connectivity index (χ0n) is 25.3. The van der Waals surface area contributed by atoms with Gasteiger partial charge in [0.15, 0.2) is 0 Å². The summed E-state index contributed by atoms with van der Waals surface area (Å²) in [6.07, 6.45) is 8.11. The molecule has 0 radical (unpaired) electrons. The predicted octanol–water partition coefficient (Wildman–Crippen LogP) is 7.79. The Morgan fingerprint density at radius 2 is 1.81 bits per heavy atom. The van der Waals surface area contributed by atoms with Crippen LogP contribution in [0, 0.1) is 5.92 Å². The van der Waals surface area contributed by atoms with Crippen molar-refractivity contribution in [1.29, 1.82) is 0 Å². The summed E-state index contributed by atoms with van der Waals surface area (Å²) < 4.78 is 17.3. The van der Waals surface area contributed by atoms with E-state index < -0.39 is 5.97 Å². The zero-order valence-corrected chi connectivity index (χ0v) is 25.3. The predicted molar refractivity (Wildman–Crippen MR) is 167 cm³/mol. The average Bonchev–Trinajstić information content (AvgIpc) is 3.04. The molecule has 1 saturated heterocycles. The number of carbonyl (C=O) groups excluding carboxylic acids is 2. The number of likely N-dealkylation sites (tertiary alicyclic amines) is 1. The molecule has 2 bridgehead atoms. The van der Waals surface area contributed by atoms with Gasteiger partial charge in [-0.25, -0.2) is 9.59 Å². The number of nitrogens with zero attached hydrogens (tertiary/aromatic N) is 1. The van der Waals surface area contributed by atoms with Crippen molar-refractivity contribution in [1.82, 2.24) is 4.90 Å². The highest BCUT2D eigenvalue weighted by Crippen LogP contribution is 2.57. The summed E-state index contributed by atoms with van der Waals surface area (Å²) in [7, 11) is 1.40. The Morgan fingerprint density at radius 1 is 1.00 bits per heavy atom. The first-order chi connectivity index (χ1) is 21.0. The number of anilines is 2. The van der Waals surface area contributed by atoms with Crippen LogP contribution in [-0.2, 0) is 27.9 Å². The molecule has 0 spiro atoms. The highest BCUT2D eigenvalue weighted by molar-refractivity contribution is 5.96. The molecule has 0 unspecified atom stereocenters. The van der Waals surface area contributed by atoms with E-state index in [0.717, 1.165) is 55.5 Å². The number of para-hydroxylation sites is 1. The van der Waals surface area contributed by atoms with E-state index in [1.54, 1.807) is 6.07 Å². The first kappa shape index (κ1) is 29.1. The number of amides is 1. The standard InChI is InChI=1S/C36H42N2O5/c1-3-4-20-42-33-23-29-26(21-31(33)37-30-16-9-8-14-27(30)34(39)41-2)22-32-28-15-10-11-17-36(28,29)18-19-38(32)35(40)43-24-25-12-6-5-7-13-25/h5-9,12-14,16,21,23,28,32,37H,3-4,10-11,15,17-20,22,24H2,1-2H3/t28-,32+,36+/m1/s1. The molecule has 7 heteroatoms. The highest BCUT2D eigenvalue weighted by Gasteiger charge is 2.55. The number of rotatable bonds is 9. The van der Waals surface area contributed by atoms with E-state index >= 15 is 0 Å². The topological polar surface area (TPSA) is 77.1 Å². The monoisotopic (exact) mass is 582 g/mol. The van der Waals surface area contributed by atoms with E-state index in [4.69, 9.17) is 14.2 Å². The van der Waals surface area contributed by atoms with Crippen LogP contribution >= 0.6 is 0 Å². The van der Waals surface area contributed by atoms with Gasteiger partial charge in [0, 0.05) is 18.0 Å². The molecule has 1 saturated carbocycles. The molecule has 3 aliphatic rings. The SMILES string of the molecule is CCCCOc1cc2c(cc1Nc1ccccc1C(=O)OC)C[C@H]1[C@H]3CCCC[C@@]23CCN1C(=O)OCc1ccccc1. The molecular formula is C36H42N2O5. The number of ether oxygens (including phenoxy) is 3. The largest absolute Gasteiger partial charge is 0.491 e. The first-order valence-corrected chi connectivity index (χ1v) is 15.8. The lowest BCUT2D eigenvalue weighted by Crippen LogP contribution is -2.62. The normalized spacial score (nSPS) is 22.1. The molecule has 43 heavy (non-hydrogen) atoms. The Morgan fingerprint density at radius 3 is 2.63 bits per heavy atom. The van der Waals surface area contributed by atoms with E-state index in [1.807, 2.05) is 53.4 Å². The van der Waals surface area contributed by atoms with Gasteiger partial charge in [0.05, 0.1) is 30.7 Å². The third kappa shape index (κ3) is 5.69. The van der Waals surface area contributed by atoms with Crippen molar-refractivity contribution in [3.63, 3.8) is 0 Å². The van der Waals surface area contributed by atoms with Crippen LogP contribution in [0.3, 0.4) is 0 Å². The number of benzene rings is 3. The molecule has 0 aromatic heterocycles. The maximum Gasteiger partial charge on any atom is 0.410 e. The maximum atomic E-state index is 13.5. The lowest BCUT2D eigenvalue weighted by Gasteiger charge is -2.58. The van der Waals surface area contributed by atoms with Gasteiger partial charge in [0.2, 0.25) is 0 Å². The maximum absolute atomic E-state index is 13.5. The summed E-state index contributed by atoms with van der Waals surface area (Å²) >= 11 is 0. The quantitative estimate of drug-likeness (QED) is 0.205. The molecule has 3 aromatic rings. The van der Waals surface area contributed by atoms with Crippen LogP contribution < -0.4 is 10.1 Å². The summed E-state index contributed by atoms with van der Waals surface area (Å²) in [5, 5.41) is 3.51. The smallest absolute Gasteiger partial charge is 0.410 e. The molecule has 1 amide bonds. The molecule has 1 aliphatic heterocycles. The van der Waals surface area contributed by atoms with Gasteiger partial charge in [-0.2, -0.15) is 0 Å². The minimum absolute atomic E-state index is 0.0258. The number of hydrogen-bond acceptors (Lipinski definition) is 6. The Labute approximate surface area is 254 Å². The van der Waals surface area contributed by atoms with Gasteiger partial charge >= 0.3 is 12.1 Å². The van der Waals surface area contributed by atoms with Crippen LogP contribution in [-0.4, -0.2) is 43.3 Å².